The van der Waals surface area contributed by atoms with Crippen LogP contribution in [-0.4, -0.2) is 28.9 Å². The standard InChI is InChI=1S/C22H28N2O4S4/c1-21(2,3)27-18(25)13-10-7-29-9-12(10)31-17(13)24-11-8-30-20-14(11)15(16(23)32-20)19(26)28-22(4,5)6/h11,24H,7-9,23H2,1-6H3. The maximum Gasteiger partial charge on any atom is 0.342 e. The molecule has 0 aromatic carbocycles. The zero-order valence-electron chi connectivity index (χ0n) is 19.0. The smallest absolute Gasteiger partial charge is 0.342 e. The third-order valence-electron chi connectivity index (χ3n) is 4.75. The predicted octanol–water partition coefficient (Wildman–Crippen LogP) is 6.31. The Morgan fingerprint density at radius 1 is 0.969 bits per heavy atom. The number of esters is 2. The van der Waals surface area contributed by atoms with Crippen LogP contribution >= 0.6 is 46.2 Å². The number of nitrogen functional groups attached to an aromatic ring is 1. The number of nitrogens with two attached hydrogens (primary N) is 1. The van der Waals surface area contributed by atoms with E-state index in [1.807, 2.05) is 53.3 Å². The normalized spacial score (nSPS) is 17.8. The van der Waals surface area contributed by atoms with Crippen LogP contribution in [0.4, 0.5) is 10.0 Å². The van der Waals surface area contributed by atoms with Gasteiger partial charge in [-0.3, -0.25) is 0 Å². The van der Waals surface area contributed by atoms with Gasteiger partial charge >= 0.3 is 11.9 Å². The number of hydrogen-bond donors (Lipinski definition) is 2. The van der Waals surface area contributed by atoms with Crippen LogP contribution in [0, 0.1) is 0 Å². The molecule has 0 radical (unpaired) electrons. The molecule has 0 spiro atoms. The van der Waals surface area contributed by atoms with Crippen molar-refractivity contribution in [2.45, 2.75) is 74.5 Å². The molecule has 6 nitrogen and oxygen atoms in total. The summed E-state index contributed by atoms with van der Waals surface area (Å²) < 4.78 is 12.4. The second kappa shape index (κ2) is 8.45. The largest absolute Gasteiger partial charge is 0.456 e. The average Bonchev–Trinajstić information content (AvgIpc) is 3.33. The molecular weight excluding hydrogens is 485 g/mol. The summed E-state index contributed by atoms with van der Waals surface area (Å²) in [4.78, 5) is 27.2. The van der Waals surface area contributed by atoms with E-state index in [0.29, 0.717) is 16.1 Å². The molecule has 10 heteroatoms. The number of hydrogen-bond acceptors (Lipinski definition) is 10. The molecule has 0 saturated carbocycles. The second-order valence-electron chi connectivity index (χ2n) is 9.75. The third kappa shape index (κ3) is 4.78. The molecule has 0 amide bonds. The van der Waals surface area contributed by atoms with Gasteiger partial charge in [0.1, 0.15) is 26.8 Å². The lowest BCUT2D eigenvalue weighted by atomic mass is 10.1. The Balaban J connectivity index is 1.67. The quantitative estimate of drug-likeness (QED) is 0.461. The van der Waals surface area contributed by atoms with E-state index >= 15 is 0 Å². The molecule has 174 valence electrons. The Hall–Kier alpha value is -1.36. The SMILES string of the molecule is CC(C)(C)OC(=O)c1c(NC2CSc3sc(N)c(C(=O)OC(C)(C)C)c32)sc2c1CSC2. The van der Waals surface area contributed by atoms with Gasteiger partial charge in [-0.05, 0) is 47.1 Å². The van der Waals surface area contributed by atoms with Crippen LogP contribution in [0.2, 0.25) is 0 Å². The molecular formula is C22H28N2O4S4. The van der Waals surface area contributed by atoms with Crippen LogP contribution in [0.15, 0.2) is 4.21 Å². The van der Waals surface area contributed by atoms with Gasteiger partial charge in [-0.15, -0.1) is 34.4 Å². The van der Waals surface area contributed by atoms with E-state index < -0.39 is 17.2 Å². The molecule has 2 aliphatic heterocycles. The van der Waals surface area contributed by atoms with Crippen LogP contribution in [0.3, 0.4) is 0 Å². The van der Waals surface area contributed by atoms with Crippen LogP contribution in [-0.2, 0) is 21.0 Å². The van der Waals surface area contributed by atoms with E-state index in [9.17, 15) is 9.59 Å². The fourth-order valence-electron chi connectivity index (χ4n) is 3.59. The summed E-state index contributed by atoms with van der Waals surface area (Å²) in [7, 11) is 0. The molecule has 4 rings (SSSR count). The Bertz CT molecular complexity index is 1080. The minimum atomic E-state index is -0.608. The van der Waals surface area contributed by atoms with Gasteiger partial charge < -0.3 is 20.5 Å². The number of carbonyl (C=O) groups is 2. The Labute approximate surface area is 205 Å². The van der Waals surface area contributed by atoms with Crippen molar-refractivity contribution in [2.75, 3.05) is 16.8 Å². The molecule has 2 aromatic rings. The monoisotopic (exact) mass is 512 g/mol. The maximum absolute atomic E-state index is 13.1. The van der Waals surface area contributed by atoms with Crippen molar-refractivity contribution >= 4 is 68.1 Å². The zero-order chi connectivity index (χ0) is 23.4. The Morgan fingerprint density at radius 2 is 1.59 bits per heavy atom. The summed E-state index contributed by atoms with van der Waals surface area (Å²) in [5, 5.41) is 4.85. The van der Waals surface area contributed by atoms with Crippen LogP contribution in [0.5, 0.6) is 0 Å². The van der Waals surface area contributed by atoms with E-state index in [-0.39, 0.29) is 12.0 Å². The van der Waals surface area contributed by atoms with E-state index in [1.54, 1.807) is 23.1 Å². The first kappa shape index (κ1) is 23.8. The highest BCUT2D eigenvalue weighted by molar-refractivity contribution is 8.01. The summed E-state index contributed by atoms with van der Waals surface area (Å²) in [6, 6.07) is -0.140. The number of rotatable bonds is 4. The minimum absolute atomic E-state index is 0.140. The summed E-state index contributed by atoms with van der Waals surface area (Å²) in [6.07, 6.45) is 0. The van der Waals surface area contributed by atoms with Crippen molar-refractivity contribution in [1.82, 2.24) is 0 Å². The van der Waals surface area contributed by atoms with Gasteiger partial charge in [0.15, 0.2) is 0 Å². The first-order valence-electron chi connectivity index (χ1n) is 10.3. The number of carbonyl (C=O) groups excluding carboxylic acids is 2. The number of thiophene rings is 2. The highest BCUT2D eigenvalue weighted by Crippen LogP contribution is 2.51. The lowest BCUT2D eigenvalue weighted by Crippen LogP contribution is -2.26. The van der Waals surface area contributed by atoms with E-state index in [1.165, 1.54) is 16.2 Å². The zero-order valence-corrected chi connectivity index (χ0v) is 22.3. The van der Waals surface area contributed by atoms with Crippen molar-refractivity contribution in [2.24, 2.45) is 0 Å². The second-order valence-corrected chi connectivity index (χ2v) is 14.2. The number of thioether (sulfide) groups is 2. The molecule has 2 aliphatic rings. The minimum Gasteiger partial charge on any atom is -0.456 e. The van der Waals surface area contributed by atoms with Crippen LogP contribution in [0.1, 0.15) is 84.3 Å². The summed E-state index contributed by atoms with van der Waals surface area (Å²) in [6.45, 7) is 11.2. The third-order valence-corrected chi connectivity index (χ3v) is 9.50. The highest BCUT2D eigenvalue weighted by Gasteiger charge is 2.37. The van der Waals surface area contributed by atoms with Gasteiger partial charge in [0.05, 0.1) is 15.8 Å². The fraction of sp³-hybridized carbons (Fsp3) is 0.545. The number of fused-ring (bicyclic) bond motifs is 2. The van der Waals surface area contributed by atoms with Gasteiger partial charge in [0.25, 0.3) is 0 Å². The Morgan fingerprint density at radius 3 is 2.22 bits per heavy atom. The van der Waals surface area contributed by atoms with Crippen LogP contribution < -0.4 is 11.1 Å². The Kier molecular flexibility index (Phi) is 6.28. The van der Waals surface area contributed by atoms with Crippen molar-refractivity contribution in [3.8, 4) is 0 Å². The lowest BCUT2D eigenvalue weighted by Gasteiger charge is -2.22. The van der Waals surface area contributed by atoms with Crippen molar-refractivity contribution in [3.05, 3.63) is 27.1 Å². The average molecular weight is 513 g/mol. The molecule has 32 heavy (non-hydrogen) atoms. The summed E-state index contributed by atoms with van der Waals surface area (Å²) in [5.74, 6) is 1.75. The van der Waals surface area contributed by atoms with Crippen molar-refractivity contribution in [1.29, 1.82) is 0 Å². The molecule has 0 saturated heterocycles. The number of anilines is 2. The van der Waals surface area contributed by atoms with Gasteiger partial charge in [-0.1, -0.05) is 0 Å². The van der Waals surface area contributed by atoms with E-state index in [4.69, 9.17) is 15.2 Å². The first-order chi connectivity index (χ1) is 14.8. The number of nitrogens with one attached hydrogen (secondary N) is 1. The highest BCUT2D eigenvalue weighted by atomic mass is 32.2. The molecule has 1 unspecified atom stereocenters. The molecule has 0 fully saturated rings. The molecule has 0 aliphatic carbocycles. The van der Waals surface area contributed by atoms with Gasteiger partial charge in [-0.25, -0.2) is 9.59 Å². The molecule has 4 heterocycles. The number of ether oxygens (including phenoxy) is 2. The van der Waals surface area contributed by atoms with E-state index in [0.717, 1.165) is 37.6 Å². The fourth-order valence-corrected chi connectivity index (χ4v) is 8.73. The molecule has 0 bridgehead atoms. The molecule has 1 atom stereocenters. The van der Waals surface area contributed by atoms with Gasteiger partial charge in [0.2, 0.25) is 0 Å². The lowest BCUT2D eigenvalue weighted by molar-refractivity contribution is 0.00567. The predicted molar refractivity (Wildman–Crippen MR) is 135 cm³/mol. The molecule has 2 aromatic heterocycles. The van der Waals surface area contributed by atoms with Crippen molar-refractivity contribution < 1.29 is 19.1 Å². The van der Waals surface area contributed by atoms with Crippen LogP contribution in [0.25, 0.3) is 0 Å². The van der Waals surface area contributed by atoms with Gasteiger partial charge in [-0.2, -0.15) is 11.8 Å². The summed E-state index contributed by atoms with van der Waals surface area (Å²) >= 11 is 6.51. The van der Waals surface area contributed by atoms with E-state index in [2.05, 4.69) is 5.32 Å². The van der Waals surface area contributed by atoms with Gasteiger partial charge in [0, 0.05) is 27.7 Å². The topological polar surface area (TPSA) is 90.6 Å². The first-order valence-corrected chi connectivity index (χ1v) is 14.1. The maximum atomic E-state index is 13.1. The molecule has 3 N–H and O–H groups in total. The summed E-state index contributed by atoms with van der Waals surface area (Å²) in [5.41, 5.74) is 8.08. The van der Waals surface area contributed by atoms with Crippen molar-refractivity contribution in [3.63, 3.8) is 0 Å².